The van der Waals surface area contributed by atoms with Gasteiger partial charge in [0.15, 0.2) is 11.5 Å². The van der Waals surface area contributed by atoms with Crippen LogP contribution in [0.5, 0.6) is 0 Å². The monoisotopic (exact) mass is 555 g/mol. The lowest BCUT2D eigenvalue weighted by atomic mass is 10.1. The molecule has 0 aliphatic heterocycles. The first kappa shape index (κ1) is 25.6. The minimum atomic E-state index is -0.368. The predicted molar refractivity (Wildman–Crippen MR) is 162 cm³/mol. The predicted octanol–water partition coefficient (Wildman–Crippen LogP) is 5.48. The van der Waals surface area contributed by atoms with Crippen LogP contribution in [0.2, 0.25) is 0 Å². The topological polar surface area (TPSA) is 128 Å². The van der Waals surface area contributed by atoms with E-state index in [-0.39, 0.29) is 17.9 Å². The van der Waals surface area contributed by atoms with Crippen molar-refractivity contribution in [1.29, 1.82) is 0 Å². The number of rotatable bonds is 7. The van der Waals surface area contributed by atoms with Gasteiger partial charge in [0.05, 0.1) is 22.9 Å². The summed E-state index contributed by atoms with van der Waals surface area (Å²) in [4.78, 5) is 39.5. The number of carbonyl (C=O) groups excluding carboxylic acids is 2. The number of carbonyl (C=O) groups is 2. The highest BCUT2D eigenvalue weighted by Gasteiger charge is 2.29. The van der Waals surface area contributed by atoms with E-state index in [0.717, 1.165) is 64.9 Å². The lowest BCUT2D eigenvalue weighted by molar-refractivity contribution is -0.111. The maximum Gasteiger partial charge on any atom is 0.253 e. The molecule has 0 spiro atoms. The van der Waals surface area contributed by atoms with Crippen molar-refractivity contribution in [3.05, 3.63) is 108 Å². The number of nitrogens with two attached hydrogens (primary N) is 1. The van der Waals surface area contributed by atoms with Gasteiger partial charge < -0.3 is 16.4 Å². The van der Waals surface area contributed by atoms with Gasteiger partial charge in [0.25, 0.3) is 5.91 Å². The van der Waals surface area contributed by atoms with Crippen LogP contribution in [0.15, 0.2) is 85.6 Å². The molecule has 2 aliphatic rings. The molecule has 0 radical (unpaired) electrons. The van der Waals surface area contributed by atoms with Gasteiger partial charge in [-0.05, 0) is 91.4 Å². The number of hydrogen-bond donors (Lipinski definition) is 3. The highest BCUT2D eigenvalue weighted by molar-refractivity contribution is 6.06. The largest absolute Gasteiger partial charge is 0.383 e. The Morgan fingerprint density at radius 3 is 2.67 bits per heavy atom. The number of nitrogen functional groups attached to an aromatic ring is 1. The number of para-hydroxylation sites is 1. The average Bonchev–Trinajstić information content (AvgIpc) is 3.69. The molecule has 5 aromatic rings. The fraction of sp³-hybridized carbons (Fsp3) is 0.182. The van der Waals surface area contributed by atoms with E-state index in [1.54, 1.807) is 30.5 Å². The molecular formula is C33H29N7O2. The van der Waals surface area contributed by atoms with Crippen LogP contribution in [-0.2, 0) is 11.2 Å². The third-order valence-corrected chi connectivity index (χ3v) is 7.98. The smallest absolute Gasteiger partial charge is 0.253 e. The van der Waals surface area contributed by atoms with Gasteiger partial charge in [0, 0.05) is 23.5 Å². The molecule has 208 valence electrons. The van der Waals surface area contributed by atoms with E-state index in [9.17, 15) is 9.59 Å². The van der Waals surface area contributed by atoms with Gasteiger partial charge in [-0.2, -0.15) is 0 Å². The van der Waals surface area contributed by atoms with Gasteiger partial charge in [-0.3, -0.25) is 14.2 Å². The maximum atomic E-state index is 13.3. The summed E-state index contributed by atoms with van der Waals surface area (Å²) in [6.07, 6.45) is 6.74. The third-order valence-electron chi connectivity index (χ3n) is 7.98. The van der Waals surface area contributed by atoms with Crippen molar-refractivity contribution in [2.24, 2.45) is 0 Å². The van der Waals surface area contributed by atoms with Gasteiger partial charge in [0.1, 0.15) is 11.3 Å². The zero-order valence-corrected chi connectivity index (χ0v) is 22.9. The molecule has 2 aliphatic carbocycles. The average molecular weight is 556 g/mol. The minimum Gasteiger partial charge on any atom is -0.383 e. The van der Waals surface area contributed by atoms with Gasteiger partial charge in [0.2, 0.25) is 5.91 Å². The molecule has 9 nitrogen and oxygen atoms in total. The molecule has 4 N–H and O–H groups in total. The molecule has 0 saturated heterocycles. The van der Waals surface area contributed by atoms with Crippen LogP contribution in [-0.4, -0.2) is 31.3 Å². The van der Waals surface area contributed by atoms with Crippen molar-refractivity contribution in [2.45, 2.75) is 37.6 Å². The molecule has 9 heteroatoms. The number of nitrogens with zero attached hydrogens (tertiary/aromatic N) is 4. The van der Waals surface area contributed by atoms with Crippen molar-refractivity contribution in [2.75, 3.05) is 11.1 Å². The maximum absolute atomic E-state index is 13.3. The second-order valence-corrected chi connectivity index (χ2v) is 10.7. The number of anilines is 2. The Bertz CT molecular complexity index is 1890. The van der Waals surface area contributed by atoms with Crippen LogP contribution in [0.25, 0.3) is 28.2 Å². The summed E-state index contributed by atoms with van der Waals surface area (Å²) >= 11 is 0. The first-order valence-corrected chi connectivity index (χ1v) is 14.1. The SMILES string of the molecule is C=CC(=O)Nc1ccccc1C(=O)N[C@H]1CCc2cc(-n3c(-c4cccnc4N)nc4ccc(C5CC5)nc43)ccc21. The molecule has 42 heavy (non-hydrogen) atoms. The third kappa shape index (κ3) is 4.58. The van der Waals surface area contributed by atoms with Crippen LogP contribution in [0.3, 0.4) is 0 Å². The summed E-state index contributed by atoms with van der Waals surface area (Å²) in [6.45, 7) is 3.49. The quantitative estimate of drug-likeness (QED) is 0.228. The normalized spacial score (nSPS) is 15.8. The molecule has 3 heterocycles. The highest BCUT2D eigenvalue weighted by atomic mass is 16.2. The number of benzene rings is 2. The van der Waals surface area contributed by atoms with Crippen molar-refractivity contribution >= 4 is 34.5 Å². The van der Waals surface area contributed by atoms with Crippen molar-refractivity contribution < 1.29 is 9.59 Å². The van der Waals surface area contributed by atoms with Gasteiger partial charge >= 0.3 is 0 Å². The van der Waals surface area contributed by atoms with Gasteiger partial charge in [-0.25, -0.2) is 15.0 Å². The highest BCUT2D eigenvalue weighted by Crippen LogP contribution is 2.41. The zero-order valence-electron chi connectivity index (χ0n) is 22.9. The number of aromatic nitrogens is 4. The number of fused-ring (bicyclic) bond motifs is 2. The number of pyridine rings is 2. The molecule has 0 bridgehead atoms. The molecule has 2 aromatic carbocycles. The molecule has 1 atom stereocenters. The van der Waals surface area contributed by atoms with Crippen LogP contribution < -0.4 is 16.4 Å². The Morgan fingerprint density at radius 2 is 1.86 bits per heavy atom. The Labute approximate surface area is 242 Å². The zero-order chi connectivity index (χ0) is 28.8. The number of amides is 2. The van der Waals surface area contributed by atoms with Crippen molar-refractivity contribution in [1.82, 2.24) is 24.8 Å². The Hall–Kier alpha value is -5.31. The Kier molecular flexibility index (Phi) is 6.27. The fourth-order valence-corrected chi connectivity index (χ4v) is 5.71. The summed E-state index contributed by atoms with van der Waals surface area (Å²) in [6, 6.07) is 21.0. The summed E-state index contributed by atoms with van der Waals surface area (Å²) in [7, 11) is 0. The van der Waals surface area contributed by atoms with Crippen LogP contribution >= 0.6 is 0 Å². The molecule has 3 aromatic heterocycles. The van der Waals surface area contributed by atoms with E-state index in [1.807, 2.05) is 24.3 Å². The van der Waals surface area contributed by atoms with E-state index < -0.39 is 0 Å². The van der Waals surface area contributed by atoms with E-state index >= 15 is 0 Å². The van der Waals surface area contributed by atoms with Crippen molar-refractivity contribution in [3.63, 3.8) is 0 Å². The molecule has 1 fully saturated rings. The standard InChI is InChI=1S/C33H29N7O2/c1-2-29(41)36-26-8-4-3-6-23(26)33(42)39-27-14-11-20-18-21(12-13-22(20)27)40-31(24-7-5-17-35-30(24)34)38-28-16-15-25(19-9-10-19)37-32(28)40/h2-8,12-13,15-19,27H,1,9-11,14H2,(H2,34,35)(H,36,41)(H,39,42)/t27-/m0/s1. The lowest BCUT2D eigenvalue weighted by Gasteiger charge is -2.17. The second-order valence-electron chi connectivity index (χ2n) is 10.7. The van der Waals surface area contributed by atoms with E-state index in [2.05, 4.69) is 45.0 Å². The number of nitrogens with one attached hydrogen (secondary N) is 2. The van der Waals surface area contributed by atoms with E-state index in [0.29, 0.717) is 28.8 Å². The van der Waals surface area contributed by atoms with Gasteiger partial charge in [-0.1, -0.05) is 24.8 Å². The summed E-state index contributed by atoms with van der Waals surface area (Å²) in [5.41, 5.74) is 13.7. The number of imidazole rings is 1. The van der Waals surface area contributed by atoms with E-state index in [4.69, 9.17) is 15.7 Å². The molecule has 1 saturated carbocycles. The number of hydrogen-bond acceptors (Lipinski definition) is 6. The summed E-state index contributed by atoms with van der Waals surface area (Å²) < 4.78 is 2.07. The van der Waals surface area contributed by atoms with Gasteiger partial charge in [-0.15, -0.1) is 0 Å². The lowest BCUT2D eigenvalue weighted by Crippen LogP contribution is -2.28. The summed E-state index contributed by atoms with van der Waals surface area (Å²) in [5.74, 6) is 0.988. The van der Waals surface area contributed by atoms with E-state index in [1.165, 1.54) is 6.08 Å². The Balaban J connectivity index is 1.24. The summed E-state index contributed by atoms with van der Waals surface area (Å²) in [5, 5.41) is 5.88. The molecule has 2 amide bonds. The molecule has 7 rings (SSSR count). The first-order valence-electron chi connectivity index (χ1n) is 14.1. The second kappa shape index (κ2) is 10.3. The molecule has 0 unspecified atom stereocenters. The minimum absolute atomic E-state index is 0.155. The van der Waals surface area contributed by atoms with Crippen LogP contribution in [0, 0.1) is 0 Å². The molecular weight excluding hydrogens is 526 g/mol. The fourth-order valence-electron chi connectivity index (χ4n) is 5.71. The van der Waals surface area contributed by atoms with Crippen LogP contribution in [0.4, 0.5) is 11.5 Å². The van der Waals surface area contributed by atoms with Crippen LogP contribution in [0.1, 0.15) is 58.4 Å². The Morgan fingerprint density at radius 1 is 1.00 bits per heavy atom. The number of aryl methyl sites for hydroxylation is 1. The first-order chi connectivity index (χ1) is 20.5. The van der Waals surface area contributed by atoms with Crippen molar-refractivity contribution in [3.8, 4) is 17.1 Å².